The molecule has 2 aliphatic rings. The van der Waals surface area contributed by atoms with Gasteiger partial charge in [0, 0.05) is 62.4 Å². The Kier molecular flexibility index (Phi) is 8.27. The maximum absolute atomic E-state index is 14.0. The zero-order chi connectivity index (χ0) is 24.1. The van der Waals surface area contributed by atoms with E-state index in [0.717, 1.165) is 37.7 Å². The molecular formula is C27H40N4O3. The monoisotopic (exact) mass is 468 g/mol. The quantitative estimate of drug-likeness (QED) is 0.438. The van der Waals surface area contributed by atoms with Crippen molar-refractivity contribution in [2.75, 3.05) is 26.8 Å². The van der Waals surface area contributed by atoms with Crippen molar-refractivity contribution in [1.82, 2.24) is 20.5 Å². The van der Waals surface area contributed by atoms with Crippen molar-refractivity contribution in [3.8, 4) is 0 Å². The number of nitrogens with zero attached hydrogens (tertiary/aromatic N) is 1. The van der Waals surface area contributed by atoms with E-state index in [9.17, 15) is 9.59 Å². The first-order chi connectivity index (χ1) is 16.5. The highest BCUT2D eigenvalue weighted by atomic mass is 16.5. The number of nitrogens with one attached hydrogen (secondary N) is 3. The lowest BCUT2D eigenvalue weighted by Crippen LogP contribution is -2.53. The zero-order valence-corrected chi connectivity index (χ0v) is 20.8. The van der Waals surface area contributed by atoms with Gasteiger partial charge in [0.15, 0.2) is 0 Å². The highest BCUT2D eigenvalue weighted by molar-refractivity contribution is 5.86. The highest BCUT2D eigenvalue weighted by Crippen LogP contribution is 2.40. The lowest BCUT2D eigenvalue weighted by Gasteiger charge is -2.38. The van der Waals surface area contributed by atoms with Gasteiger partial charge in [-0.2, -0.15) is 0 Å². The number of H-pyrrole nitrogens is 1. The van der Waals surface area contributed by atoms with E-state index in [4.69, 9.17) is 4.74 Å². The fourth-order valence-corrected chi connectivity index (χ4v) is 5.28. The number of carbonyl (C=O) groups excluding carboxylic acids is 2. The number of benzene rings is 1. The molecule has 0 bridgehead atoms. The van der Waals surface area contributed by atoms with Crippen molar-refractivity contribution in [2.24, 2.45) is 11.8 Å². The molecule has 2 heterocycles. The summed E-state index contributed by atoms with van der Waals surface area (Å²) in [5.41, 5.74) is 2.29. The van der Waals surface area contributed by atoms with E-state index in [1.165, 1.54) is 10.9 Å². The molecule has 0 radical (unpaired) electrons. The summed E-state index contributed by atoms with van der Waals surface area (Å²) in [6.45, 7) is 6.16. The van der Waals surface area contributed by atoms with Gasteiger partial charge >= 0.3 is 0 Å². The molecule has 2 aromatic rings. The van der Waals surface area contributed by atoms with Crippen LogP contribution in [0.2, 0.25) is 0 Å². The van der Waals surface area contributed by atoms with Gasteiger partial charge in [-0.1, -0.05) is 32.0 Å². The molecular weight excluding hydrogens is 428 g/mol. The number of para-hydroxylation sites is 1. The minimum Gasteiger partial charge on any atom is -0.385 e. The fourth-order valence-electron chi connectivity index (χ4n) is 5.28. The normalized spacial score (nSPS) is 21.5. The second-order valence-electron chi connectivity index (χ2n) is 10.4. The summed E-state index contributed by atoms with van der Waals surface area (Å²) >= 11 is 0. The maximum atomic E-state index is 14.0. The minimum absolute atomic E-state index is 0.00460. The van der Waals surface area contributed by atoms with Crippen molar-refractivity contribution in [3.05, 3.63) is 36.0 Å². The molecule has 1 saturated carbocycles. The van der Waals surface area contributed by atoms with Gasteiger partial charge < -0.3 is 25.3 Å². The summed E-state index contributed by atoms with van der Waals surface area (Å²) in [6.07, 6.45) is 7.18. The van der Waals surface area contributed by atoms with Crippen LogP contribution >= 0.6 is 0 Å². The van der Waals surface area contributed by atoms with Crippen LogP contribution in [0.15, 0.2) is 30.5 Å². The van der Waals surface area contributed by atoms with Gasteiger partial charge in [-0.15, -0.1) is 0 Å². The second-order valence-corrected chi connectivity index (χ2v) is 10.4. The standard InChI is InChI=1S/C27H40N4O3/c1-18(2)13-26(32)30-20-14-19(15-28-16-20)27(33)31(21-10-11-21)25(9-6-12-34-3)23-17-29-24-8-5-4-7-22(23)24/h4-5,7-8,17-21,25,28-29H,6,9-16H2,1-3H3,(H,30,32)/t19-,20+,25?/m0/s1. The summed E-state index contributed by atoms with van der Waals surface area (Å²) in [5.74, 6) is 0.480. The lowest BCUT2D eigenvalue weighted by atomic mass is 9.91. The first-order valence-corrected chi connectivity index (χ1v) is 12.8. The second kappa shape index (κ2) is 11.4. The predicted molar refractivity (Wildman–Crippen MR) is 134 cm³/mol. The van der Waals surface area contributed by atoms with Crippen LogP contribution in [0, 0.1) is 11.8 Å². The molecule has 1 saturated heterocycles. The summed E-state index contributed by atoms with van der Waals surface area (Å²) < 4.78 is 5.35. The molecule has 0 spiro atoms. The van der Waals surface area contributed by atoms with E-state index in [-0.39, 0.29) is 29.8 Å². The number of hydrogen-bond acceptors (Lipinski definition) is 4. The van der Waals surface area contributed by atoms with Crippen molar-refractivity contribution in [3.63, 3.8) is 0 Å². The van der Waals surface area contributed by atoms with Gasteiger partial charge in [0.2, 0.25) is 11.8 Å². The van der Waals surface area contributed by atoms with Gasteiger partial charge in [0.1, 0.15) is 0 Å². The average molecular weight is 469 g/mol. The van der Waals surface area contributed by atoms with Crippen LogP contribution in [0.25, 0.3) is 10.9 Å². The third kappa shape index (κ3) is 5.99. The Hall–Kier alpha value is -2.38. The third-order valence-corrected chi connectivity index (χ3v) is 7.00. The van der Waals surface area contributed by atoms with Crippen molar-refractivity contribution in [1.29, 1.82) is 0 Å². The van der Waals surface area contributed by atoms with Crippen LogP contribution < -0.4 is 10.6 Å². The Balaban J connectivity index is 1.54. The van der Waals surface area contributed by atoms with Crippen LogP contribution in [0.3, 0.4) is 0 Å². The smallest absolute Gasteiger partial charge is 0.227 e. The third-order valence-electron chi connectivity index (χ3n) is 7.00. The largest absolute Gasteiger partial charge is 0.385 e. The van der Waals surface area contributed by atoms with E-state index >= 15 is 0 Å². The number of hydrogen-bond donors (Lipinski definition) is 3. The van der Waals surface area contributed by atoms with Gasteiger partial charge in [-0.25, -0.2) is 0 Å². The van der Waals surface area contributed by atoms with E-state index in [0.29, 0.717) is 38.0 Å². The Morgan fingerprint density at radius 2 is 2.00 bits per heavy atom. The summed E-state index contributed by atoms with van der Waals surface area (Å²) in [5, 5.41) is 7.74. The Labute approximate surface area is 203 Å². The van der Waals surface area contributed by atoms with Gasteiger partial charge in [0.05, 0.1) is 12.0 Å². The molecule has 1 aliphatic carbocycles. The number of aromatic amines is 1. The van der Waals surface area contributed by atoms with Crippen LogP contribution in [-0.2, 0) is 14.3 Å². The molecule has 1 aliphatic heterocycles. The number of carbonyl (C=O) groups is 2. The minimum atomic E-state index is -0.131. The molecule has 1 unspecified atom stereocenters. The van der Waals surface area contributed by atoms with E-state index < -0.39 is 0 Å². The molecule has 7 nitrogen and oxygen atoms in total. The SMILES string of the molecule is COCCCC(c1c[nH]c2ccccc12)N(C(=O)[C@@H]1CNC[C@H](NC(=O)CC(C)C)C1)C1CC1. The molecule has 2 fully saturated rings. The molecule has 1 aromatic carbocycles. The number of piperidine rings is 1. The summed E-state index contributed by atoms with van der Waals surface area (Å²) in [6, 6.07) is 8.63. The molecule has 3 N–H and O–H groups in total. The summed E-state index contributed by atoms with van der Waals surface area (Å²) in [7, 11) is 1.73. The molecule has 4 rings (SSSR count). The van der Waals surface area contributed by atoms with E-state index in [1.54, 1.807) is 7.11 Å². The number of amides is 2. The molecule has 3 atom stereocenters. The van der Waals surface area contributed by atoms with Crippen LogP contribution in [0.5, 0.6) is 0 Å². The average Bonchev–Trinajstić information content (AvgIpc) is 3.56. The number of rotatable bonds is 11. The maximum Gasteiger partial charge on any atom is 0.227 e. The molecule has 186 valence electrons. The van der Waals surface area contributed by atoms with Crippen molar-refractivity contribution < 1.29 is 14.3 Å². The van der Waals surface area contributed by atoms with Crippen LogP contribution in [-0.4, -0.2) is 60.6 Å². The molecule has 7 heteroatoms. The Morgan fingerprint density at radius 3 is 2.74 bits per heavy atom. The number of methoxy groups -OCH3 is 1. The number of ether oxygens (including phenoxy) is 1. The Morgan fingerprint density at radius 1 is 1.21 bits per heavy atom. The van der Waals surface area contributed by atoms with Gasteiger partial charge in [-0.05, 0) is 49.7 Å². The lowest BCUT2D eigenvalue weighted by molar-refractivity contribution is -0.140. The predicted octanol–water partition coefficient (Wildman–Crippen LogP) is 3.77. The van der Waals surface area contributed by atoms with Gasteiger partial charge in [0.25, 0.3) is 0 Å². The van der Waals surface area contributed by atoms with E-state index in [2.05, 4.69) is 44.9 Å². The fraction of sp³-hybridized carbons (Fsp3) is 0.630. The van der Waals surface area contributed by atoms with E-state index in [1.807, 2.05) is 19.9 Å². The number of aromatic nitrogens is 1. The first-order valence-electron chi connectivity index (χ1n) is 12.8. The van der Waals surface area contributed by atoms with Crippen LogP contribution in [0.1, 0.15) is 64.0 Å². The highest BCUT2D eigenvalue weighted by Gasteiger charge is 2.42. The molecule has 34 heavy (non-hydrogen) atoms. The molecule has 2 amide bonds. The first kappa shape index (κ1) is 24.7. The topological polar surface area (TPSA) is 86.5 Å². The molecule has 1 aromatic heterocycles. The van der Waals surface area contributed by atoms with Crippen molar-refractivity contribution >= 4 is 22.7 Å². The Bertz CT molecular complexity index is 968. The number of fused-ring (bicyclic) bond motifs is 1. The van der Waals surface area contributed by atoms with Crippen LogP contribution in [0.4, 0.5) is 0 Å². The summed E-state index contributed by atoms with van der Waals surface area (Å²) in [4.78, 5) is 31.9. The zero-order valence-electron chi connectivity index (χ0n) is 20.8. The van der Waals surface area contributed by atoms with Crippen molar-refractivity contribution in [2.45, 2.75) is 70.5 Å². The van der Waals surface area contributed by atoms with Gasteiger partial charge in [-0.3, -0.25) is 9.59 Å².